The Morgan fingerprint density at radius 3 is 1.61 bits per heavy atom. The minimum atomic E-state index is 0.917. The molecule has 0 saturated carbocycles. The van der Waals surface area contributed by atoms with Crippen LogP contribution in [0.5, 0.6) is 0 Å². The van der Waals surface area contributed by atoms with E-state index >= 15 is 0 Å². The van der Waals surface area contributed by atoms with E-state index in [0.717, 1.165) is 29.2 Å². The van der Waals surface area contributed by atoms with Gasteiger partial charge in [-0.2, -0.15) is 0 Å². The number of benzene rings is 3. The fourth-order valence-corrected chi connectivity index (χ4v) is 3.30. The topological polar surface area (TPSA) is 24.1 Å². The molecule has 0 unspecified atom stereocenters. The average molecular weight is 409 g/mol. The molecule has 0 spiro atoms. The van der Waals surface area contributed by atoms with Gasteiger partial charge in [0.05, 0.1) is 0 Å². The van der Waals surface area contributed by atoms with Crippen molar-refractivity contribution in [2.24, 2.45) is 0 Å². The molecule has 1 aliphatic carbocycles. The van der Waals surface area contributed by atoms with E-state index in [4.69, 9.17) is 0 Å². The van der Waals surface area contributed by atoms with E-state index in [1.807, 2.05) is 13.8 Å². The summed E-state index contributed by atoms with van der Waals surface area (Å²) in [6, 6.07) is 25.6. The Bertz CT molecular complexity index is 1050. The second-order valence-electron chi connectivity index (χ2n) is 7.48. The molecule has 158 valence electrons. The Hall–Kier alpha value is -3.52. The molecule has 0 amide bonds. The van der Waals surface area contributed by atoms with E-state index in [-0.39, 0.29) is 0 Å². The maximum atomic E-state index is 3.48. The molecule has 0 atom stereocenters. The van der Waals surface area contributed by atoms with Crippen molar-refractivity contribution in [2.45, 2.75) is 34.1 Å². The molecule has 31 heavy (non-hydrogen) atoms. The van der Waals surface area contributed by atoms with E-state index in [1.54, 1.807) is 0 Å². The van der Waals surface area contributed by atoms with Crippen molar-refractivity contribution in [3.05, 3.63) is 119 Å². The molecule has 3 aromatic carbocycles. The van der Waals surface area contributed by atoms with E-state index in [0.29, 0.717) is 0 Å². The fraction of sp³-hybridized carbons (Fsp3) is 0.172. The third-order valence-corrected chi connectivity index (χ3v) is 5.04. The number of hydrogen-bond donors (Lipinski definition) is 2. The van der Waals surface area contributed by atoms with Crippen LogP contribution in [0.3, 0.4) is 0 Å². The second kappa shape index (κ2) is 11.0. The van der Waals surface area contributed by atoms with Crippen LogP contribution in [0.2, 0.25) is 0 Å². The van der Waals surface area contributed by atoms with Gasteiger partial charge in [0.25, 0.3) is 0 Å². The first-order valence-electron chi connectivity index (χ1n) is 11.0. The summed E-state index contributed by atoms with van der Waals surface area (Å²) in [5.41, 5.74) is 9.50. The molecule has 0 fully saturated rings. The normalized spacial score (nSPS) is 12.6. The Balaban J connectivity index is 0.00000132. The molecule has 0 saturated heterocycles. The van der Waals surface area contributed by atoms with Crippen LogP contribution in [0, 0.1) is 13.8 Å². The van der Waals surface area contributed by atoms with Crippen molar-refractivity contribution in [2.75, 3.05) is 10.6 Å². The zero-order chi connectivity index (χ0) is 22.1. The quantitative estimate of drug-likeness (QED) is 0.443. The molecule has 0 aromatic heterocycles. The SMILES string of the molecule is CC.Cc1ccc(NC2=CC=C(c3ccc(Nc4ccc(C)cc4)cc3)CC=C2)cc1. The van der Waals surface area contributed by atoms with Crippen molar-refractivity contribution in [1.29, 1.82) is 0 Å². The predicted octanol–water partition coefficient (Wildman–Crippen LogP) is 8.41. The number of anilines is 3. The van der Waals surface area contributed by atoms with Crippen molar-refractivity contribution in [3.63, 3.8) is 0 Å². The van der Waals surface area contributed by atoms with Crippen LogP contribution in [-0.2, 0) is 0 Å². The van der Waals surface area contributed by atoms with Gasteiger partial charge in [0.15, 0.2) is 0 Å². The Labute approximate surface area is 187 Å². The van der Waals surface area contributed by atoms with Crippen molar-refractivity contribution >= 4 is 22.6 Å². The van der Waals surface area contributed by atoms with Crippen LogP contribution >= 0.6 is 0 Å². The first kappa shape index (κ1) is 22.2. The lowest BCUT2D eigenvalue weighted by atomic mass is 10.0. The lowest BCUT2D eigenvalue weighted by Gasteiger charge is -2.09. The summed E-state index contributed by atoms with van der Waals surface area (Å²) in [5.74, 6) is 0. The lowest BCUT2D eigenvalue weighted by molar-refractivity contribution is 1.38. The Kier molecular flexibility index (Phi) is 7.89. The van der Waals surface area contributed by atoms with Crippen LogP contribution in [0.4, 0.5) is 17.1 Å². The van der Waals surface area contributed by atoms with Gasteiger partial charge < -0.3 is 10.6 Å². The molecule has 3 aromatic rings. The standard InChI is InChI=1S/C27H26N2.C2H6/c1-20-6-13-25(14-7-20)28-24-5-3-4-22(10-17-24)23-11-18-27(19-12-23)29-26-15-8-21(2)9-16-26;1-2/h3,5-19,28-29H,4H2,1-2H3;1-2H3. The summed E-state index contributed by atoms with van der Waals surface area (Å²) < 4.78 is 0. The van der Waals surface area contributed by atoms with Crippen molar-refractivity contribution < 1.29 is 0 Å². The van der Waals surface area contributed by atoms with E-state index in [9.17, 15) is 0 Å². The molecular formula is C29H32N2. The van der Waals surface area contributed by atoms with E-state index < -0.39 is 0 Å². The minimum Gasteiger partial charge on any atom is -0.356 e. The summed E-state index contributed by atoms with van der Waals surface area (Å²) in [6.07, 6.45) is 9.64. The molecule has 1 aliphatic rings. The first-order valence-corrected chi connectivity index (χ1v) is 11.0. The van der Waals surface area contributed by atoms with Gasteiger partial charge in [-0.05, 0) is 80.0 Å². The minimum absolute atomic E-state index is 0.917. The number of hydrogen-bond acceptors (Lipinski definition) is 2. The highest BCUT2D eigenvalue weighted by Gasteiger charge is 2.04. The molecule has 2 N–H and O–H groups in total. The summed E-state index contributed by atoms with van der Waals surface area (Å²) in [4.78, 5) is 0. The molecule has 0 radical (unpaired) electrons. The first-order chi connectivity index (χ1) is 15.2. The maximum absolute atomic E-state index is 3.48. The van der Waals surface area contributed by atoms with Crippen LogP contribution in [-0.4, -0.2) is 0 Å². The zero-order valence-electron chi connectivity index (χ0n) is 18.9. The molecule has 0 bridgehead atoms. The number of aryl methyl sites for hydroxylation is 2. The van der Waals surface area contributed by atoms with Gasteiger partial charge in [-0.3, -0.25) is 0 Å². The molecule has 2 nitrogen and oxygen atoms in total. The zero-order valence-corrected chi connectivity index (χ0v) is 18.9. The molecule has 0 heterocycles. The number of rotatable bonds is 5. The third kappa shape index (κ3) is 6.48. The van der Waals surface area contributed by atoms with Crippen LogP contribution in [0.15, 0.2) is 103 Å². The lowest BCUT2D eigenvalue weighted by Crippen LogP contribution is -1.95. The Morgan fingerprint density at radius 2 is 1.06 bits per heavy atom. The van der Waals surface area contributed by atoms with Crippen molar-refractivity contribution in [3.8, 4) is 0 Å². The summed E-state index contributed by atoms with van der Waals surface area (Å²) in [5, 5.41) is 6.94. The van der Waals surface area contributed by atoms with Gasteiger partial charge in [0.1, 0.15) is 0 Å². The monoisotopic (exact) mass is 408 g/mol. The molecule has 0 aliphatic heterocycles. The Morgan fingerprint density at radius 1 is 0.581 bits per heavy atom. The van der Waals surface area contributed by atoms with Gasteiger partial charge in [-0.25, -0.2) is 0 Å². The predicted molar refractivity (Wildman–Crippen MR) is 137 cm³/mol. The average Bonchev–Trinajstić information content (AvgIpc) is 3.04. The smallest absolute Gasteiger partial charge is 0.0384 e. The van der Waals surface area contributed by atoms with E-state index in [2.05, 4.69) is 122 Å². The summed E-state index contributed by atoms with van der Waals surface area (Å²) in [7, 11) is 0. The number of nitrogens with one attached hydrogen (secondary N) is 2. The summed E-state index contributed by atoms with van der Waals surface area (Å²) >= 11 is 0. The van der Waals surface area contributed by atoms with Crippen molar-refractivity contribution in [1.82, 2.24) is 0 Å². The van der Waals surface area contributed by atoms with Crippen LogP contribution in [0.1, 0.15) is 37.0 Å². The van der Waals surface area contributed by atoms with Crippen LogP contribution < -0.4 is 10.6 Å². The molecule has 2 heteroatoms. The highest BCUT2D eigenvalue weighted by Crippen LogP contribution is 2.25. The largest absolute Gasteiger partial charge is 0.356 e. The molecule has 4 rings (SSSR count). The van der Waals surface area contributed by atoms with Crippen LogP contribution in [0.25, 0.3) is 5.57 Å². The summed E-state index contributed by atoms with van der Waals surface area (Å²) in [6.45, 7) is 8.20. The maximum Gasteiger partial charge on any atom is 0.0384 e. The van der Waals surface area contributed by atoms with E-state index in [1.165, 1.54) is 22.3 Å². The third-order valence-electron chi connectivity index (χ3n) is 5.04. The van der Waals surface area contributed by atoms with Gasteiger partial charge in [0.2, 0.25) is 0 Å². The fourth-order valence-electron chi connectivity index (χ4n) is 3.30. The highest BCUT2D eigenvalue weighted by molar-refractivity contribution is 5.72. The second-order valence-corrected chi connectivity index (χ2v) is 7.48. The van der Waals surface area contributed by atoms with Gasteiger partial charge in [-0.15, -0.1) is 0 Å². The highest BCUT2D eigenvalue weighted by atomic mass is 14.9. The van der Waals surface area contributed by atoms with Gasteiger partial charge in [0, 0.05) is 22.8 Å². The number of allylic oxidation sites excluding steroid dienone is 5. The molecular weight excluding hydrogens is 376 g/mol. The van der Waals surface area contributed by atoms with Gasteiger partial charge in [-0.1, -0.05) is 73.5 Å². The van der Waals surface area contributed by atoms with Gasteiger partial charge >= 0.3 is 0 Å².